The number of thioether (sulfide) groups is 1. The Kier molecular flexibility index (Phi) is 7.09. The largest absolute Gasteiger partial charge is 0.326 e. The number of aromatic nitrogens is 2. The topological polar surface area (TPSA) is 78.1 Å². The normalized spacial score (nSPS) is 13.1. The molecule has 164 valence electrons. The molecule has 1 aromatic carbocycles. The van der Waals surface area contributed by atoms with E-state index in [1.54, 1.807) is 23.1 Å². The minimum absolute atomic E-state index is 0.000119. The molecule has 0 bridgehead atoms. The molecule has 2 N–H and O–H groups in total. The summed E-state index contributed by atoms with van der Waals surface area (Å²) in [5, 5.41) is 3.74. The Balaban J connectivity index is 1.23. The van der Waals surface area contributed by atoms with Crippen molar-refractivity contribution in [1.82, 2.24) is 14.9 Å². The van der Waals surface area contributed by atoms with Gasteiger partial charge in [0.05, 0.1) is 11.1 Å². The number of amides is 1. The number of H-pyrrole nitrogens is 1. The van der Waals surface area contributed by atoms with Crippen molar-refractivity contribution in [3.63, 3.8) is 0 Å². The van der Waals surface area contributed by atoms with E-state index in [1.807, 2.05) is 12.1 Å². The number of hydrogen-bond donors (Lipinski definition) is 2. The molecule has 1 amide bonds. The van der Waals surface area contributed by atoms with Crippen molar-refractivity contribution >= 4 is 44.9 Å². The molecule has 0 fully saturated rings. The molecule has 2 heterocycles. The highest BCUT2D eigenvalue weighted by atomic mass is 32.2. The van der Waals surface area contributed by atoms with Gasteiger partial charge in [-0.25, -0.2) is 4.98 Å². The Morgan fingerprint density at radius 3 is 2.84 bits per heavy atom. The van der Waals surface area contributed by atoms with Gasteiger partial charge in [-0.15, -0.1) is 11.3 Å². The Labute approximate surface area is 190 Å². The van der Waals surface area contributed by atoms with Crippen molar-refractivity contribution in [3.8, 4) is 0 Å². The highest BCUT2D eigenvalue weighted by Gasteiger charge is 2.21. The first-order chi connectivity index (χ1) is 15.0. The molecule has 2 aromatic heterocycles. The molecule has 8 heteroatoms. The van der Waals surface area contributed by atoms with Crippen LogP contribution < -0.4 is 10.9 Å². The Morgan fingerprint density at radius 2 is 2.06 bits per heavy atom. The third-order valence-electron chi connectivity index (χ3n) is 5.42. The van der Waals surface area contributed by atoms with Crippen molar-refractivity contribution in [3.05, 3.63) is 56.4 Å². The number of rotatable bonds is 9. The molecule has 1 aliphatic carbocycles. The van der Waals surface area contributed by atoms with E-state index in [9.17, 15) is 9.59 Å². The summed E-state index contributed by atoms with van der Waals surface area (Å²) < 4.78 is 0. The van der Waals surface area contributed by atoms with E-state index in [-0.39, 0.29) is 11.5 Å². The molecule has 1 aliphatic rings. The van der Waals surface area contributed by atoms with Gasteiger partial charge in [-0.2, -0.15) is 11.8 Å². The zero-order chi connectivity index (χ0) is 21.8. The number of nitrogens with zero attached hydrogens (tertiary/aromatic N) is 2. The van der Waals surface area contributed by atoms with Gasteiger partial charge < -0.3 is 15.2 Å². The standard InChI is InChI=1S/C23H28N4O2S2/c1-27(2)12-10-15-6-8-16(9-7-15)24-20(28)11-13-30-14-19-25-22(29)21-17-4-3-5-18(17)31-23(21)26-19/h6-9H,3-5,10-14H2,1-2H3,(H,24,28)(H,25,26,29). The van der Waals surface area contributed by atoms with Crippen molar-refractivity contribution in [1.29, 1.82) is 0 Å². The van der Waals surface area contributed by atoms with Crippen LogP contribution in [0.4, 0.5) is 5.69 Å². The van der Waals surface area contributed by atoms with Gasteiger partial charge >= 0.3 is 0 Å². The van der Waals surface area contributed by atoms with Crippen molar-refractivity contribution in [2.75, 3.05) is 31.7 Å². The zero-order valence-corrected chi connectivity index (χ0v) is 19.6. The van der Waals surface area contributed by atoms with Gasteiger partial charge in [0.25, 0.3) is 5.56 Å². The number of hydrogen-bond acceptors (Lipinski definition) is 6. The summed E-state index contributed by atoms with van der Waals surface area (Å²) in [5.74, 6) is 1.97. The fourth-order valence-corrected chi connectivity index (χ4v) is 5.86. The predicted octanol–water partition coefficient (Wildman–Crippen LogP) is 3.84. The van der Waals surface area contributed by atoms with E-state index in [4.69, 9.17) is 0 Å². The number of nitrogens with one attached hydrogen (secondary N) is 2. The van der Waals surface area contributed by atoms with Crippen molar-refractivity contribution in [2.45, 2.75) is 37.9 Å². The number of fused-ring (bicyclic) bond motifs is 3. The summed E-state index contributed by atoms with van der Waals surface area (Å²) in [6, 6.07) is 8.04. The first-order valence-electron chi connectivity index (χ1n) is 10.6. The summed E-state index contributed by atoms with van der Waals surface area (Å²) in [4.78, 5) is 36.6. The number of anilines is 1. The lowest BCUT2D eigenvalue weighted by Gasteiger charge is -2.10. The molecule has 4 rings (SSSR count). The SMILES string of the molecule is CN(C)CCc1ccc(NC(=O)CCSCc2nc3sc4c(c3c(=O)[nH]2)CCC4)cc1. The van der Waals surface area contributed by atoms with E-state index in [0.29, 0.717) is 23.8 Å². The summed E-state index contributed by atoms with van der Waals surface area (Å²) in [5.41, 5.74) is 3.27. The van der Waals surface area contributed by atoms with Crippen LogP contribution in [0.2, 0.25) is 0 Å². The van der Waals surface area contributed by atoms with Crippen LogP contribution in [0.15, 0.2) is 29.1 Å². The summed E-state index contributed by atoms with van der Waals surface area (Å²) in [6.45, 7) is 1.00. The van der Waals surface area contributed by atoms with E-state index >= 15 is 0 Å². The second kappa shape index (κ2) is 9.97. The third kappa shape index (κ3) is 5.56. The lowest BCUT2D eigenvalue weighted by molar-refractivity contribution is -0.115. The minimum atomic E-state index is -0.0215. The number of carbonyl (C=O) groups excluding carboxylic acids is 1. The highest BCUT2D eigenvalue weighted by molar-refractivity contribution is 7.98. The fourth-order valence-electron chi connectivity index (χ4n) is 3.78. The van der Waals surface area contributed by atoms with Crippen LogP contribution >= 0.6 is 23.1 Å². The van der Waals surface area contributed by atoms with E-state index in [2.05, 4.69) is 46.4 Å². The number of carbonyl (C=O) groups is 1. The molecule has 0 aliphatic heterocycles. The number of thiophene rings is 1. The fraction of sp³-hybridized carbons (Fsp3) is 0.435. The van der Waals surface area contributed by atoms with Gasteiger partial charge in [-0.1, -0.05) is 12.1 Å². The first-order valence-corrected chi connectivity index (χ1v) is 12.6. The van der Waals surface area contributed by atoms with Crippen LogP contribution in [0.5, 0.6) is 0 Å². The van der Waals surface area contributed by atoms with Crippen molar-refractivity contribution in [2.24, 2.45) is 0 Å². The van der Waals surface area contributed by atoms with Crippen LogP contribution in [0, 0.1) is 0 Å². The summed E-state index contributed by atoms with van der Waals surface area (Å²) in [6.07, 6.45) is 4.60. The Hall–Kier alpha value is -2.16. The van der Waals surface area contributed by atoms with Gasteiger partial charge in [-0.05, 0) is 63.0 Å². The quantitative estimate of drug-likeness (QED) is 0.479. The van der Waals surface area contributed by atoms with Gasteiger partial charge in [0.15, 0.2) is 0 Å². The van der Waals surface area contributed by atoms with E-state index in [1.165, 1.54) is 16.0 Å². The maximum absolute atomic E-state index is 12.5. The lowest BCUT2D eigenvalue weighted by atomic mass is 10.1. The maximum Gasteiger partial charge on any atom is 0.259 e. The van der Waals surface area contributed by atoms with Crippen LogP contribution in [0.1, 0.15) is 34.7 Å². The maximum atomic E-state index is 12.5. The van der Waals surface area contributed by atoms with Crippen LogP contribution in [-0.4, -0.2) is 47.2 Å². The number of aryl methyl sites for hydroxylation is 2. The van der Waals surface area contributed by atoms with Gasteiger partial charge in [-0.3, -0.25) is 9.59 Å². The Morgan fingerprint density at radius 1 is 1.26 bits per heavy atom. The van der Waals surface area contributed by atoms with Gasteiger partial charge in [0.2, 0.25) is 5.91 Å². The molecule has 0 radical (unpaired) electrons. The second-order valence-electron chi connectivity index (χ2n) is 8.15. The molecule has 3 aromatic rings. The summed E-state index contributed by atoms with van der Waals surface area (Å²) >= 11 is 3.27. The molecule has 31 heavy (non-hydrogen) atoms. The number of likely N-dealkylation sites (N-methyl/N-ethyl adjacent to an activating group) is 1. The highest BCUT2D eigenvalue weighted by Crippen LogP contribution is 2.34. The molecule has 0 spiro atoms. The van der Waals surface area contributed by atoms with E-state index < -0.39 is 0 Å². The second-order valence-corrected chi connectivity index (χ2v) is 10.3. The molecule has 6 nitrogen and oxygen atoms in total. The molecule has 0 saturated carbocycles. The van der Waals surface area contributed by atoms with Gasteiger partial charge in [0.1, 0.15) is 10.7 Å². The Bertz CT molecular complexity index is 1120. The number of aromatic amines is 1. The number of benzene rings is 1. The smallest absolute Gasteiger partial charge is 0.259 e. The van der Waals surface area contributed by atoms with Crippen LogP contribution in [0.25, 0.3) is 10.2 Å². The first kappa shape index (κ1) is 22.0. The van der Waals surface area contributed by atoms with Crippen molar-refractivity contribution < 1.29 is 4.79 Å². The third-order valence-corrected chi connectivity index (χ3v) is 7.58. The monoisotopic (exact) mass is 456 g/mol. The van der Waals surface area contributed by atoms with Crippen LogP contribution in [0.3, 0.4) is 0 Å². The average molecular weight is 457 g/mol. The molecular formula is C23H28N4O2S2. The molecule has 0 atom stereocenters. The average Bonchev–Trinajstić information content (AvgIpc) is 3.31. The minimum Gasteiger partial charge on any atom is -0.326 e. The molecule has 0 saturated heterocycles. The lowest BCUT2D eigenvalue weighted by Crippen LogP contribution is -2.15. The van der Waals surface area contributed by atoms with Crippen LogP contribution in [-0.2, 0) is 29.8 Å². The van der Waals surface area contributed by atoms with E-state index in [0.717, 1.165) is 48.1 Å². The molecular weight excluding hydrogens is 428 g/mol. The zero-order valence-electron chi connectivity index (χ0n) is 18.0. The molecule has 0 unspecified atom stereocenters. The van der Waals surface area contributed by atoms with Gasteiger partial charge in [0, 0.05) is 29.3 Å². The summed E-state index contributed by atoms with van der Waals surface area (Å²) in [7, 11) is 4.12. The predicted molar refractivity (Wildman–Crippen MR) is 130 cm³/mol.